The lowest BCUT2D eigenvalue weighted by atomic mass is 10.1. The van der Waals surface area contributed by atoms with E-state index in [2.05, 4.69) is 15.2 Å². The lowest BCUT2D eigenvalue weighted by molar-refractivity contribution is -0.145. The van der Waals surface area contributed by atoms with E-state index in [1.807, 2.05) is 6.92 Å². The van der Waals surface area contributed by atoms with Crippen molar-refractivity contribution in [2.24, 2.45) is 0 Å². The van der Waals surface area contributed by atoms with E-state index in [4.69, 9.17) is 19.6 Å². The molecular formula is C23H33N4O7PS. The lowest BCUT2D eigenvalue weighted by Crippen LogP contribution is -2.44. The van der Waals surface area contributed by atoms with Gasteiger partial charge in [0.1, 0.15) is 22.7 Å². The second-order valence-electron chi connectivity index (χ2n) is 7.68. The maximum atomic E-state index is 14.1. The van der Waals surface area contributed by atoms with Gasteiger partial charge in [-0.25, -0.2) is 15.2 Å². The van der Waals surface area contributed by atoms with E-state index in [9.17, 15) is 18.9 Å². The van der Waals surface area contributed by atoms with Crippen molar-refractivity contribution in [3.8, 4) is 11.5 Å². The first kappa shape index (κ1) is 29.4. The highest BCUT2D eigenvalue weighted by Crippen LogP contribution is 2.40. The number of carbonyl (C=O) groups is 3. The number of thiazole rings is 1. The second-order valence-corrected chi connectivity index (χ2v) is 10.9. The molecule has 0 aliphatic rings. The Kier molecular flexibility index (Phi) is 10.6. The number of ketones is 1. The number of carbonyl (C=O) groups excluding carboxylic acids is 3. The zero-order valence-electron chi connectivity index (χ0n) is 21.2. The highest BCUT2D eigenvalue weighted by Gasteiger charge is 2.36. The van der Waals surface area contributed by atoms with Gasteiger partial charge in [0, 0.05) is 0 Å². The molecule has 13 heteroatoms. The van der Waals surface area contributed by atoms with Crippen LogP contribution in [0.4, 0.5) is 5.13 Å². The molecule has 0 fully saturated rings. The summed E-state index contributed by atoms with van der Waals surface area (Å²) in [5.74, 6) is -1.33. The smallest absolute Gasteiger partial charge is 0.323 e. The van der Waals surface area contributed by atoms with Crippen molar-refractivity contribution in [2.75, 3.05) is 18.9 Å². The molecule has 0 bridgehead atoms. The molecule has 0 spiro atoms. The Balaban J connectivity index is 2.50. The molecule has 11 nitrogen and oxygen atoms in total. The Bertz CT molecular complexity index is 1140. The van der Waals surface area contributed by atoms with E-state index in [1.54, 1.807) is 26.8 Å². The van der Waals surface area contributed by atoms with Gasteiger partial charge in [0.25, 0.3) is 7.44 Å². The molecule has 0 aliphatic heterocycles. The third-order valence-corrected chi connectivity index (χ3v) is 8.28. The van der Waals surface area contributed by atoms with E-state index in [0.717, 1.165) is 11.3 Å². The largest absolute Gasteiger partial charge is 0.465 e. The van der Waals surface area contributed by atoms with Crippen molar-refractivity contribution in [1.82, 2.24) is 15.2 Å². The number of nitrogens with two attached hydrogens (primary N) is 1. The van der Waals surface area contributed by atoms with Crippen LogP contribution in [0.3, 0.4) is 0 Å². The van der Waals surface area contributed by atoms with E-state index in [0.29, 0.717) is 16.9 Å². The molecular weight excluding hydrogens is 507 g/mol. The molecule has 2 atom stereocenters. The van der Waals surface area contributed by atoms with Crippen molar-refractivity contribution in [3.05, 3.63) is 28.7 Å². The number of esters is 2. The van der Waals surface area contributed by atoms with E-state index in [1.165, 1.54) is 26.0 Å². The first-order chi connectivity index (χ1) is 17.0. The average Bonchev–Trinajstić information content (AvgIpc) is 3.47. The molecule has 36 heavy (non-hydrogen) atoms. The average molecular weight is 541 g/mol. The van der Waals surface area contributed by atoms with Gasteiger partial charge in [0.15, 0.2) is 16.4 Å². The normalized spacial score (nSPS) is 13.8. The fourth-order valence-electron chi connectivity index (χ4n) is 3.27. The third-order valence-electron chi connectivity index (χ3n) is 5.04. The first-order valence-corrected chi connectivity index (χ1v) is 14.1. The Morgan fingerprint density at radius 1 is 1.11 bits per heavy atom. The Hall–Kier alpha value is -2.79. The first-order valence-electron chi connectivity index (χ1n) is 11.6. The zero-order chi connectivity index (χ0) is 27.0. The molecule has 0 aromatic carbocycles. The van der Waals surface area contributed by atoms with Crippen molar-refractivity contribution in [3.63, 3.8) is 0 Å². The molecule has 198 valence electrons. The molecule has 0 radical (unpaired) electrons. The van der Waals surface area contributed by atoms with E-state index < -0.39 is 31.5 Å². The quantitative estimate of drug-likeness (QED) is 0.148. The molecule has 0 unspecified atom stereocenters. The van der Waals surface area contributed by atoms with Gasteiger partial charge in [-0.15, -0.1) is 0 Å². The maximum absolute atomic E-state index is 14.1. The fraction of sp³-hybridized carbons (Fsp3) is 0.478. The van der Waals surface area contributed by atoms with Gasteiger partial charge in [-0.3, -0.25) is 18.9 Å². The molecule has 2 aromatic rings. The van der Waals surface area contributed by atoms with Crippen molar-refractivity contribution in [2.45, 2.75) is 60.0 Å². The number of Topliss-reactive ketones (excluding diaryl/α,β-unsaturated/α-hetero) is 1. The van der Waals surface area contributed by atoms with Crippen LogP contribution in [0.1, 0.15) is 57.6 Å². The van der Waals surface area contributed by atoms with Gasteiger partial charge in [0.2, 0.25) is 5.78 Å². The number of furan rings is 1. The summed E-state index contributed by atoms with van der Waals surface area (Å²) in [6.45, 7) is 10.2. The van der Waals surface area contributed by atoms with Crippen molar-refractivity contribution in [1.29, 1.82) is 0 Å². The Morgan fingerprint density at radius 2 is 1.67 bits per heavy atom. The predicted molar refractivity (Wildman–Crippen MR) is 138 cm³/mol. The van der Waals surface area contributed by atoms with Crippen LogP contribution >= 0.6 is 18.8 Å². The fourth-order valence-corrected chi connectivity index (χ4v) is 6.23. The number of hydrogen-bond donors (Lipinski definition) is 3. The van der Waals surface area contributed by atoms with Crippen LogP contribution in [0.5, 0.6) is 0 Å². The zero-order valence-corrected chi connectivity index (χ0v) is 23.0. The van der Waals surface area contributed by atoms with Gasteiger partial charge in [-0.05, 0) is 58.7 Å². The maximum Gasteiger partial charge on any atom is 0.323 e. The van der Waals surface area contributed by atoms with Crippen molar-refractivity contribution < 1.29 is 32.8 Å². The minimum atomic E-state index is -3.92. The van der Waals surface area contributed by atoms with Gasteiger partial charge < -0.3 is 19.6 Å². The van der Waals surface area contributed by atoms with Crippen LogP contribution < -0.4 is 21.4 Å². The minimum absolute atomic E-state index is 0.0866. The topological polar surface area (TPSA) is 163 Å². The molecule has 0 aliphatic carbocycles. The van der Waals surface area contributed by atoms with Gasteiger partial charge in [-0.2, -0.15) is 0 Å². The number of rotatable bonds is 13. The SMILES string of the molecule is C/C=C(\CC)C(=O)c1sc(N)nc1-c1ccc(P(=O)(N[C@@H](C)C(=O)OCC)N[C@@H](C)C(=O)OCC)o1. The van der Waals surface area contributed by atoms with Crippen LogP contribution in [-0.2, 0) is 23.6 Å². The van der Waals surface area contributed by atoms with Crippen LogP contribution in [0, 0.1) is 0 Å². The number of allylic oxidation sites excluding steroid dienone is 2. The van der Waals surface area contributed by atoms with Crippen LogP contribution in [0.15, 0.2) is 28.2 Å². The monoisotopic (exact) mass is 540 g/mol. The summed E-state index contributed by atoms with van der Waals surface area (Å²) in [7, 11) is -3.92. The van der Waals surface area contributed by atoms with Gasteiger partial charge in [0.05, 0.1) is 13.2 Å². The third kappa shape index (κ3) is 6.91. The van der Waals surface area contributed by atoms with Crippen LogP contribution in [-0.4, -0.2) is 48.0 Å². The number of hydrogen-bond acceptors (Lipinski definition) is 10. The number of nitrogens with one attached hydrogen (secondary N) is 2. The van der Waals surface area contributed by atoms with Gasteiger partial charge >= 0.3 is 11.9 Å². The highest BCUT2D eigenvalue weighted by molar-refractivity contribution is 7.67. The molecule has 0 saturated carbocycles. The Morgan fingerprint density at radius 3 is 2.14 bits per heavy atom. The lowest BCUT2D eigenvalue weighted by Gasteiger charge is -2.24. The molecule has 0 saturated heterocycles. The molecule has 2 aromatic heterocycles. The highest BCUT2D eigenvalue weighted by atomic mass is 32.1. The summed E-state index contributed by atoms with van der Waals surface area (Å²) in [5.41, 5.74) is 6.61. The van der Waals surface area contributed by atoms with Crippen LogP contribution in [0.25, 0.3) is 11.5 Å². The number of aromatic nitrogens is 1. The predicted octanol–water partition coefficient (Wildman–Crippen LogP) is 3.43. The van der Waals surface area contributed by atoms with Crippen molar-refractivity contribution >= 4 is 47.1 Å². The molecule has 2 rings (SSSR count). The summed E-state index contributed by atoms with van der Waals surface area (Å²) < 4.78 is 30.0. The van der Waals surface area contributed by atoms with E-state index in [-0.39, 0.29) is 41.1 Å². The number of nitrogens with zero attached hydrogens (tertiary/aromatic N) is 1. The van der Waals surface area contributed by atoms with Gasteiger partial charge in [-0.1, -0.05) is 24.3 Å². The second kappa shape index (κ2) is 13.0. The standard InChI is InChI=1S/C23H33N4O7PS/c1-7-15(8-2)19(28)20-18(25-23(24)36-20)16-11-12-17(34-16)35(31,26-13(5)21(29)32-9-3)27-14(6)22(30)33-10-4/h7,11-14H,8-10H2,1-6H3,(H2,24,25)(H2,26,27,31)/b15-7+/t13-,14-/m0/s1. The summed E-state index contributed by atoms with van der Waals surface area (Å²) in [5, 5.41) is 5.60. The number of nitrogen functional groups attached to an aromatic ring is 1. The Labute approximate surface area is 214 Å². The summed E-state index contributed by atoms with van der Waals surface area (Å²) in [6, 6.07) is 0.925. The molecule has 4 N–H and O–H groups in total. The summed E-state index contributed by atoms with van der Waals surface area (Å²) >= 11 is 1.03. The molecule has 2 heterocycles. The summed E-state index contributed by atoms with van der Waals surface area (Å²) in [4.78, 5) is 42.0. The molecule has 0 amide bonds. The van der Waals surface area contributed by atoms with E-state index >= 15 is 0 Å². The minimum Gasteiger partial charge on any atom is -0.465 e. The number of anilines is 1. The number of ether oxygens (including phenoxy) is 2. The van der Waals surface area contributed by atoms with Crippen LogP contribution in [0.2, 0.25) is 0 Å². The summed E-state index contributed by atoms with van der Waals surface area (Å²) in [6.07, 6.45) is 2.25.